The predicted molar refractivity (Wildman–Crippen MR) is 132 cm³/mol. The van der Waals surface area contributed by atoms with Gasteiger partial charge in [0.05, 0.1) is 12.1 Å². The average Bonchev–Trinajstić information content (AvgIpc) is 3.04. The van der Waals surface area contributed by atoms with Gasteiger partial charge < -0.3 is 10.6 Å². The lowest BCUT2D eigenvalue weighted by atomic mass is 10.0. The molecule has 2 N–H and O–H groups in total. The van der Waals surface area contributed by atoms with Crippen LogP contribution >= 0.6 is 0 Å². The van der Waals surface area contributed by atoms with Gasteiger partial charge in [0.15, 0.2) is 0 Å². The van der Waals surface area contributed by atoms with Gasteiger partial charge >= 0.3 is 0 Å². The van der Waals surface area contributed by atoms with E-state index in [-0.39, 0.29) is 29.6 Å². The van der Waals surface area contributed by atoms with Gasteiger partial charge in [0, 0.05) is 30.7 Å². The van der Waals surface area contributed by atoms with Crippen molar-refractivity contribution in [3.05, 3.63) is 95.4 Å². The van der Waals surface area contributed by atoms with Gasteiger partial charge in [-0.2, -0.15) is 0 Å². The van der Waals surface area contributed by atoms with Crippen molar-refractivity contribution < 1.29 is 14.4 Å². The van der Waals surface area contributed by atoms with Crippen molar-refractivity contribution in [3.8, 4) is 0 Å². The molecule has 3 aromatic rings. The molecule has 1 aromatic heterocycles. The molecule has 0 bridgehead atoms. The lowest BCUT2D eigenvalue weighted by Gasteiger charge is -2.15. The zero-order valence-corrected chi connectivity index (χ0v) is 19.3. The van der Waals surface area contributed by atoms with E-state index >= 15 is 0 Å². The van der Waals surface area contributed by atoms with Crippen LogP contribution in [0, 0.1) is 0 Å². The Morgan fingerprint density at radius 1 is 0.941 bits per heavy atom. The molecule has 1 aliphatic heterocycles. The van der Waals surface area contributed by atoms with E-state index < -0.39 is 5.91 Å². The van der Waals surface area contributed by atoms with Gasteiger partial charge in [-0.3, -0.25) is 24.3 Å². The lowest BCUT2D eigenvalue weighted by Crippen LogP contribution is -2.32. The molecule has 0 saturated heterocycles. The zero-order chi connectivity index (χ0) is 24.2. The summed E-state index contributed by atoms with van der Waals surface area (Å²) in [7, 11) is 0. The van der Waals surface area contributed by atoms with E-state index in [1.54, 1.807) is 42.7 Å². The van der Waals surface area contributed by atoms with Crippen LogP contribution in [0.5, 0.6) is 0 Å². The maximum atomic E-state index is 13.4. The summed E-state index contributed by atoms with van der Waals surface area (Å²) in [5.74, 6) is -0.588. The van der Waals surface area contributed by atoms with Crippen molar-refractivity contribution in [1.82, 2.24) is 9.88 Å². The van der Waals surface area contributed by atoms with E-state index in [1.165, 1.54) is 17.4 Å². The first kappa shape index (κ1) is 22.9. The zero-order valence-electron chi connectivity index (χ0n) is 19.3. The number of benzene rings is 2. The number of pyridine rings is 1. The molecule has 0 saturated carbocycles. The predicted octanol–water partition coefficient (Wildman–Crippen LogP) is 4.56. The average molecular weight is 455 g/mol. The van der Waals surface area contributed by atoms with Gasteiger partial charge in [0.25, 0.3) is 11.8 Å². The fraction of sp³-hybridized carbons (Fsp3) is 0.185. The number of carbonyl (C=O) groups excluding carboxylic acids is 3. The third-order valence-corrected chi connectivity index (χ3v) is 5.57. The summed E-state index contributed by atoms with van der Waals surface area (Å²) in [5, 5.41) is 5.89. The first-order valence-corrected chi connectivity index (χ1v) is 11.1. The Morgan fingerprint density at radius 3 is 2.21 bits per heavy atom. The van der Waals surface area contributed by atoms with Crippen LogP contribution in [0.25, 0.3) is 5.57 Å². The number of amides is 3. The molecular weight excluding hydrogens is 428 g/mol. The van der Waals surface area contributed by atoms with E-state index in [0.717, 1.165) is 11.3 Å². The van der Waals surface area contributed by atoms with Crippen LogP contribution in [0.2, 0.25) is 0 Å². The summed E-state index contributed by atoms with van der Waals surface area (Å²) in [5.41, 5.74) is 4.36. The summed E-state index contributed by atoms with van der Waals surface area (Å²) in [6.45, 7) is 5.78. The van der Waals surface area contributed by atoms with E-state index in [1.807, 2.05) is 30.3 Å². The van der Waals surface area contributed by atoms with Crippen LogP contribution in [-0.2, 0) is 20.9 Å². The highest BCUT2D eigenvalue weighted by Crippen LogP contribution is 2.32. The largest absolute Gasteiger partial charge is 0.350 e. The highest BCUT2D eigenvalue weighted by molar-refractivity contribution is 6.36. The Hall–Kier alpha value is -4.26. The Kier molecular flexibility index (Phi) is 6.54. The number of hydrogen-bond donors (Lipinski definition) is 2. The minimum atomic E-state index is -0.400. The summed E-state index contributed by atoms with van der Waals surface area (Å²) in [4.78, 5) is 43.5. The van der Waals surface area contributed by atoms with Crippen LogP contribution in [-0.4, -0.2) is 27.6 Å². The second-order valence-corrected chi connectivity index (χ2v) is 8.47. The number of carbonyl (C=O) groups is 3. The maximum Gasteiger partial charge on any atom is 0.278 e. The lowest BCUT2D eigenvalue weighted by molar-refractivity contribution is -0.137. The van der Waals surface area contributed by atoms with Gasteiger partial charge in [-0.25, -0.2) is 0 Å². The van der Waals surface area contributed by atoms with Crippen LogP contribution in [0.3, 0.4) is 0 Å². The van der Waals surface area contributed by atoms with Crippen molar-refractivity contribution in [3.63, 3.8) is 0 Å². The van der Waals surface area contributed by atoms with Crippen molar-refractivity contribution in [2.45, 2.75) is 33.2 Å². The Morgan fingerprint density at radius 2 is 1.62 bits per heavy atom. The maximum absolute atomic E-state index is 13.4. The first-order valence-electron chi connectivity index (χ1n) is 11.1. The van der Waals surface area contributed by atoms with Crippen molar-refractivity contribution in [2.75, 3.05) is 10.6 Å². The van der Waals surface area contributed by atoms with Crippen LogP contribution in [0.15, 0.2) is 78.8 Å². The van der Waals surface area contributed by atoms with Crippen LogP contribution in [0.1, 0.15) is 43.4 Å². The molecule has 7 nitrogen and oxygen atoms in total. The molecule has 0 fully saturated rings. The van der Waals surface area contributed by atoms with Gasteiger partial charge in [0.2, 0.25) is 5.91 Å². The molecule has 172 valence electrons. The van der Waals surface area contributed by atoms with E-state index in [0.29, 0.717) is 17.2 Å². The monoisotopic (exact) mass is 454 g/mol. The highest BCUT2D eigenvalue weighted by atomic mass is 16.2. The number of rotatable bonds is 7. The molecule has 0 radical (unpaired) electrons. The topological polar surface area (TPSA) is 91.4 Å². The Labute approximate surface area is 198 Å². The molecule has 0 spiro atoms. The number of nitrogens with zero attached hydrogens (tertiary/aromatic N) is 2. The summed E-state index contributed by atoms with van der Waals surface area (Å²) < 4.78 is 0. The summed E-state index contributed by atoms with van der Waals surface area (Å²) in [6, 6.07) is 18.3. The number of aromatic nitrogens is 1. The van der Waals surface area contributed by atoms with Gasteiger partial charge in [-0.1, -0.05) is 44.2 Å². The molecule has 2 heterocycles. The van der Waals surface area contributed by atoms with Gasteiger partial charge in [-0.05, 0) is 52.9 Å². The van der Waals surface area contributed by atoms with Crippen molar-refractivity contribution in [2.24, 2.45) is 0 Å². The van der Waals surface area contributed by atoms with Crippen LogP contribution in [0.4, 0.5) is 11.4 Å². The molecule has 4 rings (SSSR count). The number of hydrogen-bond acceptors (Lipinski definition) is 5. The van der Waals surface area contributed by atoms with E-state index in [2.05, 4.69) is 29.5 Å². The Bertz CT molecular complexity index is 1250. The SMILES string of the molecule is CC(=O)Nc1ccc(C2=C(Nc3ccc(C(C)C)cc3)C(=O)N(Cc3cccnc3)C2=O)cc1. The van der Waals surface area contributed by atoms with Crippen molar-refractivity contribution in [1.29, 1.82) is 0 Å². The molecule has 0 atom stereocenters. The second-order valence-electron chi connectivity index (χ2n) is 8.47. The molecule has 0 unspecified atom stereocenters. The quantitative estimate of drug-likeness (QED) is 0.511. The first-order chi connectivity index (χ1) is 16.3. The van der Waals surface area contributed by atoms with Gasteiger partial charge in [-0.15, -0.1) is 0 Å². The fourth-order valence-electron chi connectivity index (χ4n) is 3.80. The molecular formula is C27H26N4O3. The third-order valence-electron chi connectivity index (χ3n) is 5.57. The van der Waals surface area contributed by atoms with E-state index in [4.69, 9.17) is 0 Å². The second kappa shape index (κ2) is 9.70. The van der Waals surface area contributed by atoms with Gasteiger partial charge in [0.1, 0.15) is 5.70 Å². The molecule has 0 aliphatic carbocycles. The Balaban J connectivity index is 1.70. The van der Waals surface area contributed by atoms with Crippen LogP contribution < -0.4 is 10.6 Å². The molecule has 3 amide bonds. The minimum Gasteiger partial charge on any atom is -0.350 e. The fourth-order valence-corrected chi connectivity index (χ4v) is 3.80. The molecule has 2 aromatic carbocycles. The number of imide groups is 1. The molecule has 7 heteroatoms. The molecule has 34 heavy (non-hydrogen) atoms. The third kappa shape index (κ3) is 4.88. The number of anilines is 2. The molecule has 1 aliphatic rings. The normalized spacial score (nSPS) is 13.6. The summed E-state index contributed by atoms with van der Waals surface area (Å²) >= 11 is 0. The highest BCUT2D eigenvalue weighted by Gasteiger charge is 2.39. The standard InChI is InChI=1S/C27H26N4O3/c1-17(2)20-6-10-23(11-7-20)30-25-24(21-8-12-22(13-9-21)29-18(3)32)26(33)31(27(25)34)16-19-5-4-14-28-15-19/h4-15,17,30H,16H2,1-3H3,(H,29,32). The minimum absolute atomic E-state index is 0.121. The van der Waals surface area contributed by atoms with E-state index in [9.17, 15) is 14.4 Å². The smallest absolute Gasteiger partial charge is 0.278 e. The number of nitrogens with one attached hydrogen (secondary N) is 2. The summed E-state index contributed by atoms with van der Waals surface area (Å²) in [6.07, 6.45) is 3.28. The van der Waals surface area contributed by atoms with Crippen molar-refractivity contribution >= 4 is 34.7 Å².